The molecule has 7 nitrogen and oxygen atoms in total. The maximum absolute atomic E-state index is 13.6. The van der Waals surface area contributed by atoms with Crippen molar-refractivity contribution < 1.29 is 12.8 Å². The topological polar surface area (TPSA) is 82.2 Å². The summed E-state index contributed by atoms with van der Waals surface area (Å²) in [6.45, 7) is 8.56. The normalized spacial score (nSPS) is 17.2. The van der Waals surface area contributed by atoms with Gasteiger partial charge in [-0.2, -0.15) is 14.7 Å². The molecule has 3 aromatic carbocycles. The number of sulfonamides is 1. The van der Waals surface area contributed by atoms with Crippen LogP contribution in [0.15, 0.2) is 71.8 Å². The van der Waals surface area contributed by atoms with Crippen LogP contribution in [0.3, 0.4) is 0 Å². The summed E-state index contributed by atoms with van der Waals surface area (Å²) < 4.78 is 43.9. The van der Waals surface area contributed by atoms with Crippen LogP contribution in [0.5, 0.6) is 0 Å². The second kappa shape index (κ2) is 10.3. The largest absolute Gasteiger partial charge is 0.293 e. The molecule has 1 unspecified atom stereocenters. The van der Waals surface area contributed by atoms with Crippen LogP contribution in [0, 0.1) is 30.0 Å². The molecule has 1 fully saturated rings. The van der Waals surface area contributed by atoms with E-state index in [0.717, 1.165) is 34.3 Å². The van der Waals surface area contributed by atoms with Crippen molar-refractivity contribution in [1.29, 1.82) is 5.26 Å². The van der Waals surface area contributed by atoms with Crippen LogP contribution in [-0.2, 0) is 10.0 Å². The van der Waals surface area contributed by atoms with Crippen molar-refractivity contribution in [1.82, 2.24) is 19.0 Å². The monoisotopic (exact) mass is 531 g/mol. The highest BCUT2D eigenvalue weighted by Gasteiger charge is 2.36. The standard InChI is InChI=1S/C29H30FN5O2S/c1-20(2)18-33-12-13-34(38(36,37)26-10-4-22(16-31)5-11-26)19-29(33)27-15-23-17-32-35(28(23)14-21(27)3)25-8-6-24(30)7-9-25/h4-11,14-15,17,20,29H,12-13,18-19H2,1-3H3. The van der Waals surface area contributed by atoms with Crippen LogP contribution in [-0.4, -0.2) is 53.6 Å². The quantitative estimate of drug-likeness (QED) is 0.348. The van der Waals surface area contributed by atoms with Gasteiger partial charge in [0.2, 0.25) is 10.0 Å². The molecule has 0 N–H and O–H groups in total. The summed E-state index contributed by atoms with van der Waals surface area (Å²) in [4.78, 5) is 2.56. The molecule has 0 radical (unpaired) electrons. The molecule has 0 bridgehead atoms. The van der Waals surface area contributed by atoms with Gasteiger partial charge in [0.1, 0.15) is 5.82 Å². The fourth-order valence-corrected chi connectivity index (χ4v) is 6.63. The number of benzene rings is 3. The first-order valence-electron chi connectivity index (χ1n) is 12.7. The van der Waals surface area contributed by atoms with E-state index in [9.17, 15) is 12.8 Å². The molecular formula is C29H30FN5O2S. The van der Waals surface area contributed by atoms with Gasteiger partial charge in [0.25, 0.3) is 0 Å². The van der Waals surface area contributed by atoms with Crippen molar-refractivity contribution in [2.75, 3.05) is 26.2 Å². The second-order valence-corrected chi connectivity index (χ2v) is 12.1. The van der Waals surface area contributed by atoms with E-state index in [2.05, 4.69) is 36.0 Å². The second-order valence-electron chi connectivity index (χ2n) is 10.2. The lowest BCUT2D eigenvalue weighted by Crippen LogP contribution is -2.51. The number of nitrogens with zero attached hydrogens (tertiary/aromatic N) is 5. The van der Waals surface area contributed by atoms with Gasteiger partial charge >= 0.3 is 0 Å². The number of halogens is 1. The van der Waals surface area contributed by atoms with Crippen LogP contribution in [0.1, 0.15) is 36.6 Å². The lowest BCUT2D eigenvalue weighted by molar-refractivity contribution is 0.105. The molecule has 1 atom stereocenters. The lowest BCUT2D eigenvalue weighted by Gasteiger charge is -2.42. The highest BCUT2D eigenvalue weighted by Crippen LogP contribution is 2.34. The van der Waals surface area contributed by atoms with Crippen LogP contribution < -0.4 is 0 Å². The summed E-state index contributed by atoms with van der Waals surface area (Å²) in [6.07, 6.45) is 1.79. The first-order chi connectivity index (χ1) is 18.2. The maximum atomic E-state index is 13.6. The Kier molecular flexibility index (Phi) is 7.05. The summed E-state index contributed by atoms with van der Waals surface area (Å²) in [5, 5.41) is 14.6. The molecule has 0 saturated carbocycles. The van der Waals surface area contributed by atoms with Crippen molar-refractivity contribution in [2.45, 2.75) is 31.7 Å². The van der Waals surface area contributed by atoms with Gasteiger partial charge in [-0.3, -0.25) is 4.90 Å². The number of hydrogen-bond donors (Lipinski definition) is 0. The Hall–Kier alpha value is -3.58. The first-order valence-corrected chi connectivity index (χ1v) is 14.1. The highest BCUT2D eigenvalue weighted by atomic mass is 32.2. The highest BCUT2D eigenvalue weighted by molar-refractivity contribution is 7.89. The number of aryl methyl sites for hydroxylation is 1. The Morgan fingerprint density at radius 1 is 1.08 bits per heavy atom. The Morgan fingerprint density at radius 2 is 1.79 bits per heavy atom. The molecule has 0 aliphatic carbocycles. The zero-order valence-corrected chi connectivity index (χ0v) is 22.5. The number of aromatic nitrogens is 2. The van der Waals surface area contributed by atoms with E-state index >= 15 is 0 Å². The zero-order chi connectivity index (χ0) is 27.0. The molecule has 0 spiro atoms. The minimum Gasteiger partial charge on any atom is -0.293 e. The fourth-order valence-electron chi connectivity index (χ4n) is 5.19. The molecule has 1 aromatic heterocycles. The predicted molar refractivity (Wildman–Crippen MR) is 145 cm³/mol. The molecule has 196 valence electrons. The van der Waals surface area contributed by atoms with E-state index < -0.39 is 10.0 Å². The number of fused-ring (bicyclic) bond motifs is 1. The number of nitriles is 1. The SMILES string of the molecule is Cc1cc2c(cnn2-c2ccc(F)cc2)cc1C1CN(S(=O)(=O)c2ccc(C#N)cc2)CCN1CC(C)C. The van der Waals surface area contributed by atoms with Gasteiger partial charge in [0, 0.05) is 37.6 Å². The molecule has 38 heavy (non-hydrogen) atoms. The van der Waals surface area contributed by atoms with Gasteiger partial charge in [-0.15, -0.1) is 0 Å². The van der Waals surface area contributed by atoms with Crippen molar-refractivity contribution in [3.8, 4) is 11.8 Å². The third-order valence-electron chi connectivity index (χ3n) is 7.06. The Bertz CT molecular complexity index is 1610. The van der Waals surface area contributed by atoms with E-state index in [-0.39, 0.29) is 16.8 Å². The van der Waals surface area contributed by atoms with Gasteiger partial charge in [0.15, 0.2) is 0 Å². The minimum absolute atomic E-state index is 0.127. The number of hydrogen-bond acceptors (Lipinski definition) is 5. The molecule has 4 aromatic rings. The smallest absolute Gasteiger partial charge is 0.243 e. The zero-order valence-electron chi connectivity index (χ0n) is 21.7. The van der Waals surface area contributed by atoms with Gasteiger partial charge in [-0.05, 0) is 84.6 Å². The molecule has 1 aliphatic heterocycles. The minimum atomic E-state index is -3.72. The average Bonchev–Trinajstić information content (AvgIpc) is 3.31. The van der Waals surface area contributed by atoms with Crippen LogP contribution >= 0.6 is 0 Å². The van der Waals surface area contributed by atoms with E-state index in [1.807, 2.05) is 13.0 Å². The lowest BCUT2D eigenvalue weighted by atomic mass is 9.96. The Morgan fingerprint density at radius 3 is 2.45 bits per heavy atom. The van der Waals surface area contributed by atoms with Crippen LogP contribution in [0.4, 0.5) is 4.39 Å². The predicted octanol–water partition coefficient (Wildman–Crippen LogP) is 5.05. The summed E-state index contributed by atoms with van der Waals surface area (Å²) in [6, 6.07) is 18.4. The molecule has 0 amide bonds. The summed E-state index contributed by atoms with van der Waals surface area (Å²) in [5.74, 6) is 0.121. The van der Waals surface area contributed by atoms with Crippen LogP contribution in [0.25, 0.3) is 16.6 Å². The third kappa shape index (κ3) is 4.95. The molecular weight excluding hydrogens is 501 g/mol. The molecule has 9 heteroatoms. The van der Waals surface area contributed by atoms with E-state index in [1.54, 1.807) is 27.3 Å². The average molecular weight is 532 g/mol. The summed E-state index contributed by atoms with van der Waals surface area (Å²) in [5.41, 5.74) is 4.21. The molecule has 5 rings (SSSR count). The van der Waals surface area contributed by atoms with E-state index in [4.69, 9.17) is 5.26 Å². The molecule has 1 saturated heterocycles. The van der Waals surface area contributed by atoms with Gasteiger partial charge in [-0.1, -0.05) is 13.8 Å². The van der Waals surface area contributed by atoms with Crippen molar-refractivity contribution in [3.05, 3.63) is 89.4 Å². The van der Waals surface area contributed by atoms with E-state index in [0.29, 0.717) is 31.1 Å². The fraction of sp³-hybridized carbons (Fsp3) is 0.310. The van der Waals surface area contributed by atoms with Crippen molar-refractivity contribution in [2.24, 2.45) is 5.92 Å². The number of piperazine rings is 1. The van der Waals surface area contributed by atoms with Crippen LogP contribution in [0.2, 0.25) is 0 Å². The summed E-state index contributed by atoms with van der Waals surface area (Å²) >= 11 is 0. The van der Waals surface area contributed by atoms with E-state index in [1.165, 1.54) is 36.4 Å². The first kappa shape index (κ1) is 26.0. The Balaban J connectivity index is 1.52. The molecule has 1 aliphatic rings. The van der Waals surface area contributed by atoms with Gasteiger partial charge in [-0.25, -0.2) is 17.5 Å². The molecule has 2 heterocycles. The van der Waals surface area contributed by atoms with Crippen molar-refractivity contribution >= 4 is 20.9 Å². The third-order valence-corrected chi connectivity index (χ3v) is 8.94. The number of rotatable bonds is 6. The van der Waals surface area contributed by atoms with Crippen molar-refractivity contribution in [3.63, 3.8) is 0 Å². The Labute approximate surface area is 222 Å². The summed E-state index contributed by atoms with van der Waals surface area (Å²) in [7, 11) is -3.72. The van der Waals surface area contributed by atoms with Gasteiger partial charge in [0.05, 0.1) is 33.9 Å². The van der Waals surface area contributed by atoms with Gasteiger partial charge < -0.3 is 0 Å². The maximum Gasteiger partial charge on any atom is 0.243 e.